The first kappa shape index (κ1) is 14.4. The average Bonchev–Trinajstić information content (AvgIpc) is 2.35. The van der Waals surface area contributed by atoms with Crippen molar-refractivity contribution >= 4 is 5.97 Å². The number of carboxylic acid groups (broad SMARTS) is 1. The molecule has 3 atom stereocenters. The molecule has 0 spiro atoms. The zero-order valence-electron chi connectivity index (χ0n) is 9.93. The van der Waals surface area contributed by atoms with Gasteiger partial charge in [0.15, 0.2) is 0 Å². The number of aliphatic hydroxyl groups is 2. The van der Waals surface area contributed by atoms with Crippen molar-refractivity contribution in [1.29, 1.82) is 0 Å². The molecule has 0 aromatic rings. The molecule has 0 aromatic carbocycles. The van der Waals surface area contributed by atoms with Crippen LogP contribution in [-0.2, 0) is 4.79 Å². The Hall–Kier alpha value is -0.690. The van der Waals surface area contributed by atoms with Gasteiger partial charge in [0.2, 0.25) is 0 Å². The molecule has 2 aliphatic heterocycles. The van der Waals surface area contributed by atoms with Crippen LogP contribution in [0.15, 0.2) is 0 Å². The third-order valence-electron chi connectivity index (χ3n) is 3.01. The van der Waals surface area contributed by atoms with Crippen LogP contribution in [0.2, 0.25) is 0 Å². The summed E-state index contributed by atoms with van der Waals surface area (Å²) in [7, 11) is 0. The van der Waals surface area contributed by atoms with Gasteiger partial charge in [-0.3, -0.25) is 4.79 Å². The van der Waals surface area contributed by atoms with E-state index in [1.165, 1.54) is 32.4 Å². The van der Waals surface area contributed by atoms with Crippen LogP contribution in [0, 0.1) is 0 Å². The predicted molar refractivity (Wildman–Crippen MR) is 62.8 cm³/mol. The molecule has 0 saturated carbocycles. The van der Waals surface area contributed by atoms with Gasteiger partial charge in [0.05, 0.1) is 6.10 Å². The second-order valence-electron chi connectivity index (χ2n) is 4.43. The van der Waals surface area contributed by atoms with Gasteiger partial charge in [-0.1, -0.05) is 6.42 Å². The summed E-state index contributed by atoms with van der Waals surface area (Å²) in [4.78, 5) is 10.4. The van der Waals surface area contributed by atoms with Gasteiger partial charge in [-0.2, -0.15) is 0 Å². The molecule has 100 valence electrons. The zero-order chi connectivity index (χ0) is 12.7. The summed E-state index contributed by atoms with van der Waals surface area (Å²) in [6.45, 7) is 2.93. The summed E-state index contributed by atoms with van der Waals surface area (Å²) in [5.74, 6) is -1.13. The molecule has 17 heavy (non-hydrogen) atoms. The first-order valence-electron chi connectivity index (χ1n) is 6.16. The average molecular weight is 246 g/mol. The van der Waals surface area contributed by atoms with Gasteiger partial charge in [-0.05, 0) is 38.9 Å². The quantitative estimate of drug-likeness (QED) is 0.403. The molecular weight excluding hydrogens is 224 g/mol. The number of carboxylic acids is 1. The van der Waals surface area contributed by atoms with Gasteiger partial charge in [0.25, 0.3) is 0 Å². The van der Waals surface area contributed by atoms with Crippen molar-refractivity contribution in [2.45, 2.75) is 43.9 Å². The highest BCUT2D eigenvalue weighted by Crippen LogP contribution is 2.09. The molecule has 6 heteroatoms. The van der Waals surface area contributed by atoms with Crippen molar-refractivity contribution in [2.24, 2.45) is 0 Å². The maximum atomic E-state index is 10.4. The van der Waals surface area contributed by atoms with E-state index < -0.39 is 24.2 Å². The minimum absolute atomic E-state index is 0.394. The Bertz CT molecular complexity index is 222. The van der Waals surface area contributed by atoms with Crippen molar-refractivity contribution in [2.75, 3.05) is 19.6 Å². The Balaban J connectivity index is 0.000000202. The number of hydrogen-bond donors (Lipinski definition) is 5. The van der Waals surface area contributed by atoms with Crippen molar-refractivity contribution in [3.05, 3.63) is 0 Å². The molecule has 6 nitrogen and oxygen atoms in total. The van der Waals surface area contributed by atoms with E-state index >= 15 is 0 Å². The predicted octanol–water partition coefficient (Wildman–Crippen LogP) is -1.09. The summed E-state index contributed by atoms with van der Waals surface area (Å²) in [5.41, 5.74) is 0. The number of carbonyl (C=O) groups is 1. The van der Waals surface area contributed by atoms with E-state index in [0.717, 1.165) is 0 Å². The fourth-order valence-electron chi connectivity index (χ4n) is 1.94. The van der Waals surface area contributed by atoms with Crippen LogP contribution in [0.3, 0.4) is 0 Å². The highest BCUT2D eigenvalue weighted by molar-refractivity contribution is 5.74. The van der Waals surface area contributed by atoms with E-state index in [9.17, 15) is 4.79 Å². The Morgan fingerprint density at radius 2 is 1.71 bits per heavy atom. The lowest BCUT2D eigenvalue weighted by molar-refractivity contribution is -0.147. The van der Waals surface area contributed by atoms with E-state index in [4.69, 9.17) is 15.3 Å². The summed E-state index contributed by atoms with van der Waals surface area (Å²) in [5, 5.41) is 32.5. The van der Waals surface area contributed by atoms with E-state index in [2.05, 4.69) is 10.6 Å². The highest BCUT2D eigenvalue weighted by atomic mass is 16.4. The molecule has 0 bridgehead atoms. The number of hydrogen-bond acceptors (Lipinski definition) is 5. The fraction of sp³-hybridized carbons (Fsp3) is 0.909. The molecular formula is C11H22N2O4. The molecule has 2 heterocycles. The number of aliphatic carboxylic acids is 1. The lowest BCUT2D eigenvalue weighted by atomic mass is 9.99. The van der Waals surface area contributed by atoms with Crippen molar-refractivity contribution in [3.8, 4) is 0 Å². The lowest BCUT2D eigenvalue weighted by Crippen LogP contribution is -2.56. The van der Waals surface area contributed by atoms with Gasteiger partial charge < -0.3 is 26.0 Å². The molecule has 2 fully saturated rings. The third kappa shape index (κ3) is 4.99. The summed E-state index contributed by atoms with van der Waals surface area (Å²) < 4.78 is 0. The van der Waals surface area contributed by atoms with Crippen LogP contribution in [0.25, 0.3) is 0 Å². The van der Waals surface area contributed by atoms with Gasteiger partial charge in [-0.15, -0.1) is 0 Å². The first-order chi connectivity index (χ1) is 8.13. The van der Waals surface area contributed by atoms with Crippen LogP contribution in [0.5, 0.6) is 0 Å². The van der Waals surface area contributed by atoms with Gasteiger partial charge in [-0.25, -0.2) is 0 Å². The topological polar surface area (TPSA) is 102 Å². The van der Waals surface area contributed by atoms with Crippen LogP contribution < -0.4 is 10.6 Å². The number of nitrogens with one attached hydrogen (secondary N) is 2. The van der Waals surface area contributed by atoms with Gasteiger partial charge >= 0.3 is 5.97 Å². The van der Waals surface area contributed by atoms with Crippen LogP contribution in [0.1, 0.15) is 25.7 Å². The SMILES string of the molecule is C1CCNCC1.O=C(O)[C@H]1NCC[C@@H](O)[C@@H]1O. The molecule has 0 amide bonds. The van der Waals surface area contributed by atoms with E-state index in [-0.39, 0.29) is 0 Å². The van der Waals surface area contributed by atoms with E-state index in [1.807, 2.05) is 0 Å². The molecule has 2 saturated heterocycles. The molecule has 5 N–H and O–H groups in total. The standard InChI is InChI=1S/C6H11NO4.C5H11N/c8-3-1-2-7-4(5(3)9)6(10)11;1-2-4-6-5-3-1/h3-5,7-9H,1-2H2,(H,10,11);6H,1-5H2/t3-,4+,5+;/m1./s1. The second-order valence-corrected chi connectivity index (χ2v) is 4.43. The number of rotatable bonds is 1. The van der Waals surface area contributed by atoms with Gasteiger partial charge in [0, 0.05) is 0 Å². The lowest BCUT2D eigenvalue weighted by Gasteiger charge is -2.29. The Morgan fingerprint density at radius 3 is 2.06 bits per heavy atom. The molecule has 0 aromatic heterocycles. The van der Waals surface area contributed by atoms with E-state index in [0.29, 0.717) is 13.0 Å². The normalized spacial score (nSPS) is 33.4. The monoisotopic (exact) mass is 246 g/mol. The summed E-state index contributed by atoms with van der Waals surface area (Å²) in [6, 6.07) is -1.03. The van der Waals surface area contributed by atoms with Crippen LogP contribution >= 0.6 is 0 Å². The smallest absolute Gasteiger partial charge is 0.323 e. The Labute approximate surface area is 101 Å². The maximum Gasteiger partial charge on any atom is 0.323 e. The molecule has 0 radical (unpaired) electrons. The summed E-state index contributed by atoms with van der Waals surface area (Å²) >= 11 is 0. The molecule has 0 aliphatic carbocycles. The van der Waals surface area contributed by atoms with E-state index in [1.54, 1.807) is 0 Å². The Morgan fingerprint density at radius 1 is 1.06 bits per heavy atom. The van der Waals surface area contributed by atoms with Crippen molar-refractivity contribution in [3.63, 3.8) is 0 Å². The Kier molecular flexibility index (Phi) is 6.43. The largest absolute Gasteiger partial charge is 0.480 e. The molecule has 2 aliphatic rings. The van der Waals surface area contributed by atoms with Gasteiger partial charge in [0.1, 0.15) is 12.1 Å². The fourth-order valence-corrected chi connectivity index (χ4v) is 1.94. The van der Waals surface area contributed by atoms with Crippen LogP contribution in [-0.4, -0.2) is 59.2 Å². The van der Waals surface area contributed by atoms with Crippen molar-refractivity contribution in [1.82, 2.24) is 10.6 Å². The molecule has 0 unspecified atom stereocenters. The third-order valence-corrected chi connectivity index (χ3v) is 3.01. The molecule has 2 rings (SSSR count). The number of aliphatic hydroxyl groups excluding tert-OH is 2. The zero-order valence-corrected chi connectivity index (χ0v) is 9.93. The first-order valence-corrected chi connectivity index (χ1v) is 6.16. The number of piperidine rings is 2. The second kappa shape index (κ2) is 7.60. The maximum absolute atomic E-state index is 10.4. The van der Waals surface area contributed by atoms with Crippen LogP contribution in [0.4, 0.5) is 0 Å². The summed E-state index contributed by atoms with van der Waals surface area (Å²) in [6.07, 6.45) is 2.50. The minimum Gasteiger partial charge on any atom is -0.480 e. The van der Waals surface area contributed by atoms with Crippen molar-refractivity contribution < 1.29 is 20.1 Å². The minimum atomic E-state index is -1.19. The highest BCUT2D eigenvalue weighted by Gasteiger charge is 2.34.